The lowest BCUT2D eigenvalue weighted by Gasteiger charge is -2.11. The second-order valence-corrected chi connectivity index (χ2v) is 7.89. The number of nitrogens with zero attached hydrogens (tertiary/aromatic N) is 4. The number of furan rings is 1. The van der Waals surface area contributed by atoms with Gasteiger partial charge in [0, 0.05) is 12.7 Å². The van der Waals surface area contributed by atoms with Crippen LogP contribution in [0.5, 0.6) is 0 Å². The molecule has 3 aromatic heterocycles. The van der Waals surface area contributed by atoms with Crippen molar-refractivity contribution in [3.63, 3.8) is 0 Å². The van der Waals surface area contributed by atoms with Crippen LogP contribution in [0, 0.1) is 5.92 Å². The van der Waals surface area contributed by atoms with Crippen molar-refractivity contribution in [3.05, 3.63) is 40.7 Å². The average Bonchev–Trinajstić information content (AvgIpc) is 3.25. The summed E-state index contributed by atoms with van der Waals surface area (Å²) < 4.78 is 7.39. The first-order valence-corrected chi connectivity index (χ1v) is 9.89. The van der Waals surface area contributed by atoms with Crippen LogP contribution in [0.1, 0.15) is 13.8 Å². The molecule has 0 aliphatic heterocycles. The summed E-state index contributed by atoms with van der Waals surface area (Å²) in [4.78, 5) is 16.3. The molecule has 0 fully saturated rings. The Hall–Kier alpha value is -2.03. The highest BCUT2D eigenvalue weighted by molar-refractivity contribution is 7.99. The Morgan fingerprint density at radius 2 is 2.19 bits per heavy atom. The highest BCUT2D eigenvalue weighted by atomic mass is 35.5. The SMILES string of the molecule is CC(C)Cn1c(SCC(=O)Nc2ncc(Cl)cc2Cl)nnc1-c1ccco1. The zero-order chi connectivity index (χ0) is 19.4. The van der Waals surface area contributed by atoms with Gasteiger partial charge in [-0.15, -0.1) is 10.2 Å². The molecule has 0 bridgehead atoms. The van der Waals surface area contributed by atoms with E-state index in [-0.39, 0.29) is 22.5 Å². The van der Waals surface area contributed by atoms with Crippen LogP contribution in [-0.4, -0.2) is 31.4 Å². The zero-order valence-electron chi connectivity index (χ0n) is 14.6. The fourth-order valence-corrected chi connectivity index (χ4v) is 3.49. The van der Waals surface area contributed by atoms with Gasteiger partial charge in [-0.05, 0) is 24.1 Å². The largest absolute Gasteiger partial charge is 0.461 e. The molecule has 27 heavy (non-hydrogen) atoms. The van der Waals surface area contributed by atoms with E-state index in [4.69, 9.17) is 27.6 Å². The second kappa shape index (κ2) is 8.77. The predicted molar refractivity (Wildman–Crippen MR) is 106 cm³/mol. The highest BCUT2D eigenvalue weighted by Gasteiger charge is 2.18. The Labute approximate surface area is 170 Å². The summed E-state index contributed by atoms with van der Waals surface area (Å²) in [5, 5.41) is 12.4. The first-order chi connectivity index (χ1) is 12.9. The first kappa shape index (κ1) is 19.7. The van der Waals surface area contributed by atoms with Crippen LogP contribution in [0.2, 0.25) is 10.0 Å². The Balaban J connectivity index is 1.70. The van der Waals surface area contributed by atoms with Gasteiger partial charge in [0.05, 0.1) is 22.1 Å². The van der Waals surface area contributed by atoms with E-state index in [1.54, 1.807) is 12.3 Å². The lowest BCUT2D eigenvalue weighted by atomic mass is 10.2. The minimum atomic E-state index is -0.254. The van der Waals surface area contributed by atoms with Gasteiger partial charge in [-0.3, -0.25) is 9.36 Å². The Morgan fingerprint density at radius 3 is 2.85 bits per heavy atom. The van der Waals surface area contributed by atoms with Crippen LogP contribution in [-0.2, 0) is 11.3 Å². The van der Waals surface area contributed by atoms with E-state index in [1.165, 1.54) is 24.0 Å². The maximum atomic E-state index is 12.3. The first-order valence-electron chi connectivity index (χ1n) is 8.15. The smallest absolute Gasteiger partial charge is 0.236 e. The second-order valence-electron chi connectivity index (χ2n) is 6.11. The molecule has 7 nitrogen and oxygen atoms in total. The fraction of sp³-hybridized carbons (Fsp3) is 0.294. The molecule has 3 heterocycles. The summed E-state index contributed by atoms with van der Waals surface area (Å²) in [5.74, 6) is 1.80. The van der Waals surface area contributed by atoms with Crippen molar-refractivity contribution < 1.29 is 9.21 Å². The quantitative estimate of drug-likeness (QED) is 0.555. The number of nitrogens with one attached hydrogen (secondary N) is 1. The van der Waals surface area contributed by atoms with Gasteiger partial charge in [0.25, 0.3) is 0 Å². The number of hydrogen-bond donors (Lipinski definition) is 1. The number of carbonyl (C=O) groups excluding carboxylic acids is 1. The van der Waals surface area contributed by atoms with Crippen molar-refractivity contribution in [1.29, 1.82) is 0 Å². The normalized spacial score (nSPS) is 11.1. The summed E-state index contributed by atoms with van der Waals surface area (Å²) in [6, 6.07) is 5.15. The van der Waals surface area contributed by atoms with Crippen LogP contribution < -0.4 is 5.32 Å². The molecule has 10 heteroatoms. The molecule has 0 saturated heterocycles. The Morgan fingerprint density at radius 1 is 1.37 bits per heavy atom. The van der Waals surface area contributed by atoms with Gasteiger partial charge in [-0.25, -0.2) is 4.98 Å². The van der Waals surface area contributed by atoms with E-state index < -0.39 is 0 Å². The van der Waals surface area contributed by atoms with Crippen LogP contribution in [0.25, 0.3) is 11.6 Å². The minimum absolute atomic E-state index is 0.134. The fourth-order valence-electron chi connectivity index (χ4n) is 2.32. The predicted octanol–water partition coefficient (Wildman–Crippen LogP) is 4.63. The monoisotopic (exact) mass is 425 g/mol. The Kier molecular flexibility index (Phi) is 6.41. The van der Waals surface area contributed by atoms with E-state index >= 15 is 0 Å². The van der Waals surface area contributed by atoms with Gasteiger partial charge in [0.2, 0.25) is 5.91 Å². The summed E-state index contributed by atoms with van der Waals surface area (Å²) in [5.41, 5.74) is 0. The molecule has 0 unspecified atom stereocenters. The van der Waals surface area contributed by atoms with Crippen molar-refractivity contribution >= 4 is 46.7 Å². The van der Waals surface area contributed by atoms with Crippen LogP contribution in [0.3, 0.4) is 0 Å². The molecule has 0 radical (unpaired) electrons. The van der Waals surface area contributed by atoms with Gasteiger partial charge in [0.15, 0.2) is 22.6 Å². The molecule has 0 spiro atoms. The van der Waals surface area contributed by atoms with Crippen LogP contribution in [0.15, 0.2) is 40.2 Å². The third-order valence-electron chi connectivity index (χ3n) is 3.40. The van der Waals surface area contributed by atoms with Crippen molar-refractivity contribution in [2.24, 2.45) is 5.92 Å². The van der Waals surface area contributed by atoms with E-state index in [0.29, 0.717) is 34.2 Å². The van der Waals surface area contributed by atoms with Gasteiger partial charge in [-0.2, -0.15) is 0 Å². The summed E-state index contributed by atoms with van der Waals surface area (Å²) in [6.07, 6.45) is 3.01. The van der Waals surface area contributed by atoms with Gasteiger partial charge in [0.1, 0.15) is 0 Å². The number of pyridine rings is 1. The third-order valence-corrected chi connectivity index (χ3v) is 4.87. The summed E-state index contributed by atoms with van der Waals surface area (Å²) >= 11 is 13.1. The number of carbonyl (C=O) groups is 1. The minimum Gasteiger partial charge on any atom is -0.461 e. The van der Waals surface area contributed by atoms with E-state index in [0.717, 1.165) is 0 Å². The number of amides is 1. The number of thioether (sulfide) groups is 1. The highest BCUT2D eigenvalue weighted by Crippen LogP contribution is 2.26. The van der Waals surface area contributed by atoms with Gasteiger partial charge < -0.3 is 9.73 Å². The molecule has 1 N–H and O–H groups in total. The number of hydrogen-bond acceptors (Lipinski definition) is 6. The van der Waals surface area contributed by atoms with Gasteiger partial charge in [-0.1, -0.05) is 48.8 Å². The topological polar surface area (TPSA) is 85.8 Å². The standard InChI is InChI=1S/C17H17Cl2N5O2S/c1-10(2)8-24-16(13-4-3-5-26-13)22-23-17(24)27-9-14(25)21-15-12(19)6-11(18)7-20-15/h3-7,10H,8-9H2,1-2H3,(H,20,21,25). The third kappa shape index (κ3) is 5.03. The van der Waals surface area contributed by atoms with Crippen molar-refractivity contribution in [2.75, 3.05) is 11.1 Å². The molecule has 0 atom stereocenters. The molecule has 1 amide bonds. The summed E-state index contributed by atoms with van der Waals surface area (Å²) in [7, 11) is 0. The summed E-state index contributed by atoms with van der Waals surface area (Å²) in [6.45, 7) is 4.90. The molecule has 0 aromatic carbocycles. The maximum Gasteiger partial charge on any atom is 0.236 e. The molecule has 0 aliphatic carbocycles. The average molecular weight is 426 g/mol. The van der Waals surface area contributed by atoms with Gasteiger partial charge >= 0.3 is 0 Å². The molecule has 0 saturated carbocycles. The Bertz CT molecular complexity index is 928. The van der Waals surface area contributed by atoms with Crippen molar-refractivity contribution in [1.82, 2.24) is 19.7 Å². The molecular weight excluding hydrogens is 409 g/mol. The number of aromatic nitrogens is 4. The van der Waals surface area contributed by atoms with E-state index in [1.807, 2.05) is 10.6 Å². The maximum absolute atomic E-state index is 12.3. The van der Waals surface area contributed by atoms with Crippen molar-refractivity contribution in [3.8, 4) is 11.6 Å². The molecule has 0 aliphatic rings. The molecule has 142 valence electrons. The zero-order valence-corrected chi connectivity index (χ0v) is 17.0. The number of rotatable bonds is 7. The molecule has 3 aromatic rings. The molecule has 3 rings (SSSR count). The van der Waals surface area contributed by atoms with E-state index in [9.17, 15) is 4.79 Å². The van der Waals surface area contributed by atoms with Crippen molar-refractivity contribution in [2.45, 2.75) is 25.5 Å². The van der Waals surface area contributed by atoms with Crippen LogP contribution >= 0.6 is 35.0 Å². The van der Waals surface area contributed by atoms with E-state index in [2.05, 4.69) is 34.3 Å². The number of anilines is 1. The molecular formula is C17H17Cl2N5O2S. The lowest BCUT2D eigenvalue weighted by molar-refractivity contribution is -0.113. The number of halogens is 2. The lowest BCUT2D eigenvalue weighted by Crippen LogP contribution is -2.16. The van der Waals surface area contributed by atoms with Crippen LogP contribution in [0.4, 0.5) is 5.82 Å².